The molecular weight excluding hydrogens is 259 g/mol. The van der Waals surface area contributed by atoms with Crippen LogP contribution < -0.4 is 5.32 Å². The summed E-state index contributed by atoms with van der Waals surface area (Å²) in [5.41, 5.74) is -0.715. The second-order valence-corrected chi connectivity index (χ2v) is 4.19. The van der Waals surface area contributed by atoms with Gasteiger partial charge in [-0.3, -0.25) is 19.7 Å². The summed E-state index contributed by atoms with van der Waals surface area (Å²) in [5, 5.41) is 21.6. The number of nitrogens with zero attached hydrogens (tertiary/aromatic N) is 1. The van der Waals surface area contributed by atoms with E-state index < -0.39 is 40.1 Å². The molecule has 7 nitrogen and oxygen atoms in total. The van der Waals surface area contributed by atoms with Gasteiger partial charge >= 0.3 is 5.97 Å². The van der Waals surface area contributed by atoms with Crippen molar-refractivity contribution >= 4 is 23.3 Å². The van der Waals surface area contributed by atoms with E-state index >= 15 is 0 Å². The number of hydrogen-bond donors (Lipinski definition) is 2. The largest absolute Gasteiger partial charge is 0.481 e. The maximum Gasteiger partial charge on any atom is 0.307 e. The molecule has 0 spiro atoms. The van der Waals surface area contributed by atoms with Gasteiger partial charge in [0, 0.05) is 12.1 Å². The van der Waals surface area contributed by atoms with E-state index in [-0.39, 0.29) is 12.1 Å². The molecule has 0 radical (unpaired) electrons. The summed E-state index contributed by atoms with van der Waals surface area (Å²) >= 11 is 0. The van der Waals surface area contributed by atoms with Crippen LogP contribution in [0, 0.1) is 27.8 Å². The lowest BCUT2D eigenvalue weighted by Crippen LogP contribution is -2.17. The molecule has 1 fully saturated rings. The number of carboxylic acid groups (broad SMARTS) is 1. The zero-order chi connectivity index (χ0) is 14.2. The fraction of sp³-hybridized carbons (Fsp3) is 0.273. The summed E-state index contributed by atoms with van der Waals surface area (Å²) < 4.78 is 13.0. The van der Waals surface area contributed by atoms with Crippen molar-refractivity contribution in [3.8, 4) is 0 Å². The van der Waals surface area contributed by atoms with Crippen LogP contribution in [0.2, 0.25) is 0 Å². The van der Waals surface area contributed by atoms with Crippen molar-refractivity contribution in [1.82, 2.24) is 0 Å². The van der Waals surface area contributed by atoms with Crippen LogP contribution in [-0.2, 0) is 9.59 Å². The quantitative estimate of drug-likeness (QED) is 0.633. The molecular formula is C11H9FN2O5. The van der Waals surface area contributed by atoms with Gasteiger partial charge in [0.15, 0.2) is 0 Å². The molecule has 1 aromatic carbocycles. The van der Waals surface area contributed by atoms with Crippen LogP contribution in [-0.4, -0.2) is 21.9 Å². The van der Waals surface area contributed by atoms with Crippen LogP contribution in [0.5, 0.6) is 0 Å². The second kappa shape index (κ2) is 4.63. The van der Waals surface area contributed by atoms with E-state index in [4.69, 9.17) is 5.11 Å². The van der Waals surface area contributed by atoms with Gasteiger partial charge < -0.3 is 10.4 Å². The number of benzene rings is 1. The first-order valence-corrected chi connectivity index (χ1v) is 5.37. The van der Waals surface area contributed by atoms with Crippen LogP contribution in [0.1, 0.15) is 6.42 Å². The molecule has 0 aromatic heterocycles. The van der Waals surface area contributed by atoms with Gasteiger partial charge in [0.05, 0.1) is 16.8 Å². The van der Waals surface area contributed by atoms with E-state index in [1.165, 1.54) is 0 Å². The van der Waals surface area contributed by atoms with Crippen LogP contribution in [0.15, 0.2) is 18.2 Å². The Kier molecular flexibility index (Phi) is 3.16. The van der Waals surface area contributed by atoms with Gasteiger partial charge in [-0.2, -0.15) is 0 Å². The zero-order valence-electron chi connectivity index (χ0n) is 9.50. The summed E-state index contributed by atoms with van der Waals surface area (Å²) in [6.45, 7) is 0. The van der Waals surface area contributed by atoms with Crippen molar-refractivity contribution in [3.63, 3.8) is 0 Å². The summed E-state index contributed by atoms with van der Waals surface area (Å²) in [6, 6.07) is 2.67. The first kappa shape index (κ1) is 12.9. The van der Waals surface area contributed by atoms with E-state index in [2.05, 4.69) is 5.32 Å². The lowest BCUT2D eigenvalue weighted by atomic mass is 10.2. The fourth-order valence-corrected chi connectivity index (χ4v) is 1.75. The SMILES string of the molecule is O=C(O)[C@H]1C[C@H]1C(=O)Nc1cc(F)ccc1[N+](=O)[O-]. The number of anilines is 1. The molecule has 1 amide bonds. The van der Waals surface area contributed by atoms with E-state index in [9.17, 15) is 24.1 Å². The highest BCUT2D eigenvalue weighted by atomic mass is 19.1. The lowest BCUT2D eigenvalue weighted by Gasteiger charge is -2.05. The topological polar surface area (TPSA) is 110 Å². The number of rotatable bonds is 4. The third kappa shape index (κ3) is 2.67. The first-order valence-electron chi connectivity index (χ1n) is 5.37. The van der Waals surface area contributed by atoms with Crippen molar-refractivity contribution in [1.29, 1.82) is 0 Å². The molecule has 0 saturated heterocycles. The molecule has 0 bridgehead atoms. The van der Waals surface area contributed by atoms with Gasteiger partial charge in [0.2, 0.25) is 5.91 Å². The Bertz CT molecular complexity index is 574. The molecule has 0 heterocycles. The molecule has 1 aliphatic carbocycles. The molecule has 0 aliphatic heterocycles. The monoisotopic (exact) mass is 268 g/mol. The third-order valence-corrected chi connectivity index (χ3v) is 2.86. The molecule has 1 saturated carbocycles. The normalized spacial score (nSPS) is 20.7. The maximum atomic E-state index is 13.0. The Balaban J connectivity index is 2.15. The van der Waals surface area contributed by atoms with Crippen LogP contribution >= 0.6 is 0 Å². The molecule has 1 aliphatic rings. The van der Waals surface area contributed by atoms with E-state index in [1.54, 1.807) is 0 Å². The minimum atomic E-state index is -1.09. The van der Waals surface area contributed by atoms with Gasteiger partial charge in [-0.1, -0.05) is 0 Å². The van der Waals surface area contributed by atoms with Crippen LogP contribution in [0.4, 0.5) is 15.8 Å². The Morgan fingerprint density at radius 2 is 2.11 bits per heavy atom. The van der Waals surface area contributed by atoms with Crippen molar-refractivity contribution < 1.29 is 24.0 Å². The van der Waals surface area contributed by atoms with Gasteiger partial charge in [-0.15, -0.1) is 0 Å². The number of halogens is 1. The number of carbonyl (C=O) groups excluding carboxylic acids is 1. The molecule has 19 heavy (non-hydrogen) atoms. The highest BCUT2D eigenvalue weighted by Gasteiger charge is 2.48. The minimum absolute atomic E-state index is 0.185. The summed E-state index contributed by atoms with van der Waals surface area (Å²) in [4.78, 5) is 32.2. The number of nitro groups is 1. The van der Waals surface area contributed by atoms with Crippen molar-refractivity contribution in [2.45, 2.75) is 6.42 Å². The average Bonchev–Trinajstić information content (AvgIpc) is 3.08. The number of nitro benzene ring substituents is 1. The number of hydrogen-bond acceptors (Lipinski definition) is 4. The second-order valence-electron chi connectivity index (χ2n) is 4.19. The Morgan fingerprint density at radius 1 is 1.42 bits per heavy atom. The standard InChI is InChI=1S/C11H9FN2O5/c12-5-1-2-9(14(18)19)8(3-5)13-10(15)6-4-7(6)11(16)17/h1-3,6-7H,4H2,(H,13,15)(H,16,17)/t6-,7+/m1/s1. The predicted molar refractivity (Wildman–Crippen MR) is 60.9 cm³/mol. The average molecular weight is 268 g/mol. The minimum Gasteiger partial charge on any atom is -0.481 e. The molecule has 2 N–H and O–H groups in total. The molecule has 100 valence electrons. The Hall–Kier alpha value is -2.51. The van der Waals surface area contributed by atoms with Crippen LogP contribution in [0.25, 0.3) is 0 Å². The van der Waals surface area contributed by atoms with Gasteiger partial charge in [0.25, 0.3) is 5.69 Å². The zero-order valence-corrected chi connectivity index (χ0v) is 9.50. The Morgan fingerprint density at radius 3 is 2.63 bits per heavy atom. The number of carboxylic acids is 1. The maximum absolute atomic E-state index is 13.0. The fourth-order valence-electron chi connectivity index (χ4n) is 1.75. The van der Waals surface area contributed by atoms with Gasteiger partial charge in [-0.25, -0.2) is 4.39 Å². The summed E-state index contributed by atoms with van der Waals surface area (Å²) in [5.74, 6) is -3.96. The van der Waals surface area contributed by atoms with Crippen molar-refractivity contribution in [3.05, 3.63) is 34.1 Å². The predicted octanol–water partition coefficient (Wildman–Crippen LogP) is 1.39. The van der Waals surface area contributed by atoms with E-state index in [0.717, 1.165) is 18.2 Å². The van der Waals surface area contributed by atoms with Crippen molar-refractivity contribution in [2.24, 2.45) is 11.8 Å². The summed E-state index contributed by atoms with van der Waals surface area (Å²) in [7, 11) is 0. The lowest BCUT2D eigenvalue weighted by molar-refractivity contribution is -0.384. The molecule has 0 unspecified atom stereocenters. The van der Waals surface area contributed by atoms with E-state index in [1.807, 2.05) is 0 Å². The number of aliphatic carboxylic acids is 1. The molecule has 2 rings (SSSR count). The highest BCUT2D eigenvalue weighted by Crippen LogP contribution is 2.40. The molecule has 8 heteroatoms. The smallest absolute Gasteiger partial charge is 0.307 e. The van der Waals surface area contributed by atoms with Gasteiger partial charge in [0.1, 0.15) is 11.5 Å². The first-order chi connectivity index (χ1) is 8.90. The Labute approximate surface area is 106 Å². The van der Waals surface area contributed by atoms with E-state index in [0.29, 0.717) is 0 Å². The number of amides is 1. The van der Waals surface area contributed by atoms with Crippen LogP contribution in [0.3, 0.4) is 0 Å². The summed E-state index contributed by atoms with van der Waals surface area (Å²) in [6.07, 6.45) is 0.185. The third-order valence-electron chi connectivity index (χ3n) is 2.86. The molecule has 1 aromatic rings. The molecule has 2 atom stereocenters. The highest BCUT2D eigenvalue weighted by molar-refractivity contribution is 5.99. The van der Waals surface area contributed by atoms with Crippen molar-refractivity contribution in [2.75, 3.05) is 5.32 Å². The number of carbonyl (C=O) groups is 2. The van der Waals surface area contributed by atoms with Gasteiger partial charge in [-0.05, 0) is 12.5 Å². The number of nitrogens with one attached hydrogen (secondary N) is 1.